The Morgan fingerprint density at radius 1 is 0.333 bits per heavy atom. The molecule has 0 rings (SSSR count). The van der Waals surface area contributed by atoms with Crippen LogP contribution in [0.25, 0.3) is 0 Å². The third-order valence-corrected chi connectivity index (χ3v) is 9.48. The zero-order chi connectivity index (χ0) is 45.8. The van der Waals surface area contributed by atoms with Gasteiger partial charge in [0.1, 0.15) is 13.2 Å². The summed E-state index contributed by atoms with van der Waals surface area (Å²) in [6.45, 7) is 6.13. The molecule has 0 aromatic rings. The highest BCUT2D eigenvalue weighted by molar-refractivity contribution is 5.71. The summed E-state index contributed by atoms with van der Waals surface area (Å²) in [7, 11) is 0. The normalized spacial score (nSPS) is 13.4. The minimum Gasteiger partial charge on any atom is -0.462 e. The zero-order valence-electron chi connectivity index (χ0n) is 39.8. The van der Waals surface area contributed by atoms with Crippen LogP contribution in [-0.4, -0.2) is 37.2 Å². The summed E-state index contributed by atoms with van der Waals surface area (Å²) in [4.78, 5) is 37.9. The summed E-state index contributed by atoms with van der Waals surface area (Å²) in [6.07, 6.45) is 71.2. The van der Waals surface area contributed by atoms with E-state index in [4.69, 9.17) is 14.2 Å². The van der Waals surface area contributed by atoms with Crippen molar-refractivity contribution >= 4 is 17.9 Å². The quantitative estimate of drug-likeness (QED) is 0.0200. The van der Waals surface area contributed by atoms with E-state index in [1.807, 2.05) is 30.4 Å². The highest BCUT2D eigenvalue weighted by atomic mass is 16.6. The summed E-state index contributed by atoms with van der Waals surface area (Å²) < 4.78 is 16.7. The molecule has 6 nitrogen and oxygen atoms in total. The van der Waals surface area contributed by atoms with Gasteiger partial charge in [0.15, 0.2) is 6.10 Å². The fourth-order valence-electron chi connectivity index (χ4n) is 5.90. The molecule has 0 bridgehead atoms. The molecule has 63 heavy (non-hydrogen) atoms. The SMILES string of the molecule is CC/C=C/C=C/C=C/C=C/CCCCCCCC(=O)OC(COC(=O)CCC/C=C/C/C=C/C/C=C/C/C=C/C/C=C/CC)COC(=O)CCCCCCC/C=C/C=C/C=C/CC. The van der Waals surface area contributed by atoms with Gasteiger partial charge in [-0.2, -0.15) is 0 Å². The molecule has 6 heteroatoms. The van der Waals surface area contributed by atoms with Crippen molar-refractivity contribution in [3.63, 3.8) is 0 Å². The Kier molecular flexibility index (Phi) is 46.2. The van der Waals surface area contributed by atoms with Crippen molar-refractivity contribution in [1.29, 1.82) is 0 Å². The summed E-state index contributed by atoms with van der Waals surface area (Å²) in [6, 6.07) is 0. The lowest BCUT2D eigenvalue weighted by molar-refractivity contribution is -0.167. The van der Waals surface area contributed by atoms with E-state index in [1.54, 1.807) is 0 Å². The number of carbonyl (C=O) groups excluding carboxylic acids is 3. The molecule has 0 saturated carbocycles. The summed E-state index contributed by atoms with van der Waals surface area (Å²) in [5, 5.41) is 0. The van der Waals surface area contributed by atoms with Crippen LogP contribution in [0.1, 0.15) is 175 Å². The zero-order valence-corrected chi connectivity index (χ0v) is 39.8. The maximum atomic E-state index is 12.8. The van der Waals surface area contributed by atoms with Crippen LogP contribution in [0, 0.1) is 0 Å². The van der Waals surface area contributed by atoms with Crippen LogP contribution < -0.4 is 0 Å². The van der Waals surface area contributed by atoms with Gasteiger partial charge in [0, 0.05) is 19.3 Å². The average molecular weight is 867 g/mol. The van der Waals surface area contributed by atoms with Crippen LogP contribution in [0.4, 0.5) is 0 Å². The largest absolute Gasteiger partial charge is 0.462 e. The highest BCUT2D eigenvalue weighted by Gasteiger charge is 2.19. The molecule has 0 radical (unpaired) electrons. The highest BCUT2D eigenvalue weighted by Crippen LogP contribution is 2.12. The first-order valence-corrected chi connectivity index (χ1v) is 24.4. The Morgan fingerprint density at radius 3 is 1.13 bits per heavy atom. The predicted octanol–water partition coefficient (Wildman–Crippen LogP) is 16.1. The van der Waals surface area contributed by atoms with Crippen molar-refractivity contribution in [1.82, 2.24) is 0 Å². The van der Waals surface area contributed by atoms with Crippen LogP contribution >= 0.6 is 0 Å². The van der Waals surface area contributed by atoms with E-state index in [0.29, 0.717) is 12.8 Å². The Balaban J connectivity index is 4.59. The van der Waals surface area contributed by atoms with E-state index in [0.717, 1.165) is 128 Å². The number of unbranched alkanes of at least 4 members (excludes halogenated alkanes) is 11. The van der Waals surface area contributed by atoms with Crippen molar-refractivity contribution < 1.29 is 28.6 Å². The fraction of sp³-hybridized carbons (Fsp3) is 0.526. The van der Waals surface area contributed by atoms with Gasteiger partial charge < -0.3 is 14.2 Å². The van der Waals surface area contributed by atoms with Crippen LogP contribution in [0.3, 0.4) is 0 Å². The molecule has 0 aliphatic heterocycles. The topological polar surface area (TPSA) is 78.9 Å². The van der Waals surface area contributed by atoms with Gasteiger partial charge in [-0.15, -0.1) is 0 Å². The van der Waals surface area contributed by atoms with E-state index in [-0.39, 0.29) is 44.0 Å². The molecule has 0 aliphatic rings. The number of carbonyl (C=O) groups is 3. The van der Waals surface area contributed by atoms with E-state index in [2.05, 4.69) is 136 Å². The first kappa shape index (κ1) is 58.3. The molecule has 0 aromatic carbocycles. The van der Waals surface area contributed by atoms with Crippen molar-refractivity contribution in [2.75, 3.05) is 13.2 Å². The number of hydrogen-bond donors (Lipinski definition) is 0. The van der Waals surface area contributed by atoms with Gasteiger partial charge in [-0.05, 0) is 96.3 Å². The number of allylic oxidation sites excluding steroid dienone is 24. The molecular weight excluding hydrogens is 781 g/mol. The van der Waals surface area contributed by atoms with Crippen LogP contribution in [0.15, 0.2) is 146 Å². The summed E-state index contributed by atoms with van der Waals surface area (Å²) in [5.74, 6) is -1.04. The Hall–Kier alpha value is -4.71. The van der Waals surface area contributed by atoms with E-state index < -0.39 is 6.10 Å². The lowest BCUT2D eigenvalue weighted by Crippen LogP contribution is -2.30. The minimum absolute atomic E-state index is 0.123. The van der Waals surface area contributed by atoms with Crippen molar-refractivity contribution in [3.05, 3.63) is 146 Å². The van der Waals surface area contributed by atoms with Gasteiger partial charge in [-0.3, -0.25) is 14.4 Å². The van der Waals surface area contributed by atoms with Crippen LogP contribution in [0.5, 0.6) is 0 Å². The Bertz CT molecular complexity index is 1460. The minimum atomic E-state index is -0.828. The summed E-state index contributed by atoms with van der Waals surface area (Å²) >= 11 is 0. The van der Waals surface area contributed by atoms with Crippen molar-refractivity contribution in [2.24, 2.45) is 0 Å². The second-order valence-electron chi connectivity index (χ2n) is 15.4. The summed E-state index contributed by atoms with van der Waals surface area (Å²) in [5.41, 5.74) is 0. The first-order chi connectivity index (χ1) is 31.0. The molecule has 0 fully saturated rings. The predicted molar refractivity (Wildman–Crippen MR) is 269 cm³/mol. The molecular formula is C57H86O6. The van der Waals surface area contributed by atoms with Gasteiger partial charge in [0.05, 0.1) is 0 Å². The number of esters is 3. The van der Waals surface area contributed by atoms with Crippen LogP contribution in [-0.2, 0) is 28.6 Å². The molecule has 0 aliphatic carbocycles. The molecule has 0 aromatic heterocycles. The monoisotopic (exact) mass is 867 g/mol. The van der Waals surface area contributed by atoms with Gasteiger partial charge in [0.2, 0.25) is 0 Å². The maximum absolute atomic E-state index is 12.8. The Morgan fingerprint density at radius 2 is 0.667 bits per heavy atom. The number of ether oxygens (including phenoxy) is 3. The molecule has 0 saturated heterocycles. The average Bonchev–Trinajstić information content (AvgIpc) is 3.28. The van der Waals surface area contributed by atoms with Crippen molar-refractivity contribution in [3.8, 4) is 0 Å². The maximum Gasteiger partial charge on any atom is 0.306 e. The third kappa shape index (κ3) is 48.2. The van der Waals surface area contributed by atoms with Gasteiger partial charge in [-0.25, -0.2) is 0 Å². The molecule has 350 valence electrons. The molecule has 0 spiro atoms. The lowest BCUT2D eigenvalue weighted by atomic mass is 10.1. The van der Waals surface area contributed by atoms with Gasteiger partial charge in [-0.1, -0.05) is 205 Å². The van der Waals surface area contributed by atoms with E-state index in [1.165, 1.54) is 0 Å². The number of hydrogen-bond acceptors (Lipinski definition) is 6. The first-order valence-electron chi connectivity index (χ1n) is 24.4. The Labute approximate surface area is 385 Å². The molecule has 0 heterocycles. The fourth-order valence-corrected chi connectivity index (χ4v) is 5.90. The lowest BCUT2D eigenvalue weighted by Gasteiger charge is -2.18. The molecule has 1 unspecified atom stereocenters. The second-order valence-corrected chi connectivity index (χ2v) is 15.4. The standard InChI is InChI=1S/C57H86O6/c1-4-7-10-13-16-19-22-25-27-28-30-32-35-38-41-44-47-50-56(59)62-53-54(52-61-55(58)49-46-43-40-37-34-31-24-21-18-15-12-9-6-3)63-57(60)51-48-45-42-39-36-33-29-26-23-20-17-14-11-8-5-2/h7-12,14-21,23-27,29-30,32,38,41,54H,4-6,13,22,28,31,33-37,39-40,42-53H2,1-3H3/b10-7+,11-8+,12-9+,17-14+,18-15+,19-16+,23-20+,24-21+,27-25+,29-26+,32-30+,41-38+. The molecule has 1 atom stereocenters. The van der Waals surface area contributed by atoms with Gasteiger partial charge >= 0.3 is 17.9 Å². The van der Waals surface area contributed by atoms with Crippen molar-refractivity contribution in [2.45, 2.75) is 181 Å². The molecule has 0 N–H and O–H groups in total. The van der Waals surface area contributed by atoms with Gasteiger partial charge in [0.25, 0.3) is 0 Å². The van der Waals surface area contributed by atoms with E-state index >= 15 is 0 Å². The third-order valence-electron chi connectivity index (χ3n) is 9.48. The van der Waals surface area contributed by atoms with Crippen LogP contribution in [0.2, 0.25) is 0 Å². The molecule has 0 amide bonds. The van der Waals surface area contributed by atoms with E-state index in [9.17, 15) is 14.4 Å². The smallest absolute Gasteiger partial charge is 0.306 e. The number of rotatable bonds is 41. The second kappa shape index (κ2) is 49.9.